The maximum absolute atomic E-state index is 9.64. The number of nitrogens with zero attached hydrogens (tertiary/aromatic N) is 3. The van der Waals surface area contributed by atoms with Crippen LogP contribution in [0.25, 0.3) is 10.3 Å². The standard InChI is InChI=1S/C11H13N3OS/c15-8-3-2-6-14(7-8)11-13-9-4-1-5-12-10(9)16-11/h1,4-5,8,15H,2-3,6-7H2. The maximum atomic E-state index is 9.64. The van der Waals surface area contributed by atoms with E-state index in [1.807, 2.05) is 12.1 Å². The van der Waals surface area contributed by atoms with Crippen LogP contribution in [0.4, 0.5) is 5.13 Å². The molecule has 0 amide bonds. The Balaban J connectivity index is 1.93. The summed E-state index contributed by atoms with van der Waals surface area (Å²) in [6, 6.07) is 3.87. The summed E-state index contributed by atoms with van der Waals surface area (Å²) in [6.45, 7) is 1.68. The van der Waals surface area contributed by atoms with Gasteiger partial charge in [-0.15, -0.1) is 0 Å². The summed E-state index contributed by atoms with van der Waals surface area (Å²) in [4.78, 5) is 11.9. The molecule has 1 atom stereocenters. The second-order valence-corrected chi connectivity index (χ2v) is 5.02. The van der Waals surface area contributed by atoms with E-state index in [0.717, 1.165) is 34.9 Å². The Morgan fingerprint density at radius 3 is 3.25 bits per heavy atom. The van der Waals surface area contributed by atoms with Crippen molar-refractivity contribution in [3.8, 4) is 0 Å². The minimum Gasteiger partial charge on any atom is -0.391 e. The summed E-state index contributed by atoms with van der Waals surface area (Å²) >= 11 is 1.60. The summed E-state index contributed by atoms with van der Waals surface area (Å²) in [7, 11) is 0. The molecule has 5 heteroatoms. The van der Waals surface area contributed by atoms with Gasteiger partial charge in [0.15, 0.2) is 5.13 Å². The summed E-state index contributed by atoms with van der Waals surface area (Å²) in [5.74, 6) is 0. The number of piperidine rings is 1. The topological polar surface area (TPSA) is 49.2 Å². The number of fused-ring (bicyclic) bond motifs is 1. The molecule has 0 aromatic carbocycles. The number of hydrogen-bond acceptors (Lipinski definition) is 5. The Bertz CT molecular complexity index is 466. The summed E-state index contributed by atoms with van der Waals surface area (Å²) in [5.41, 5.74) is 0.947. The van der Waals surface area contributed by atoms with Crippen LogP contribution >= 0.6 is 11.3 Å². The molecule has 4 nitrogen and oxygen atoms in total. The minimum absolute atomic E-state index is 0.214. The summed E-state index contributed by atoms with van der Waals surface area (Å²) in [6.07, 6.45) is 3.51. The van der Waals surface area contributed by atoms with E-state index in [1.54, 1.807) is 17.5 Å². The first-order valence-corrected chi connectivity index (χ1v) is 6.29. The van der Waals surface area contributed by atoms with Gasteiger partial charge in [0, 0.05) is 19.3 Å². The third-order valence-electron chi connectivity index (χ3n) is 2.82. The van der Waals surface area contributed by atoms with Crippen LogP contribution in [0.2, 0.25) is 0 Å². The first-order chi connectivity index (χ1) is 7.83. The van der Waals surface area contributed by atoms with Gasteiger partial charge in [-0.25, -0.2) is 9.97 Å². The van der Waals surface area contributed by atoms with E-state index >= 15 is 0 Å². The van der Waals surface area contributed by atoms with Crippen LogP contribution in [0.15, 0.2) is 18.3 Å². The second kappa shape index (κ2) is 3.99. The number of rotatable bonds is 1. The number of anilines is 1. The van der Waals surface area contributed by atoms with Crippen molar-refractivity contribution in [2.24, 2.45) is 0 Å². The van der Waals surface area contributed by atoms with E-state index in [0.29, 0.717) is 6.54 Å². The van der Waals surface area contributed by atoms with Crippen LogP contribution in [0, 0.1) is 0 Å². The van der Waals surface area contributed by atoms with Crippen molar-refractivity contribution in [1.82, 2.24) is 9.97 Å². The van der Waals surface area contributed by atoms with Gasteiger partial charge in [-0.2, -0.15) is 0 Å². The van der Waals surface area contributed by atoms with Crippen LogP contribution in [0.1, 0.15) is 12.8 Å². The molecule has 0 bridgehead atoms. The molecule has 3 rings (SSSR count). The molecule has 84 valence electrons. The highest BCUT2D eigenvalue weighted by atomic mass is 32.1. The molecule has 1 aliphatic heterocycles. The molecule has 2 aromatic heterocycles. The van der Waals surface area contributed by atoms with E-state index in [2.05, 4.69) is 14.9 Å². The smallest absolute Gasteiger partial charge is 0.188 e. The van der Waals surface area contributed by atoms with Crippen molar-refractivity contribution in [3.05, 3.63) is 18.3 Å². The highest BCUT2D eigenvalue weighted by molar-refractivity contribution is 7.21. The van der Waals surface area contributed by atoms with E-state index in [1.165, 1.54) is 0 Å². The fraction of sp³-hybridized carbons (Fsp3) is 0.455. The number of thiazole rings is 1. The van der Waals surface area contributed by atoms with Gasteiger partial charge >= 0.3 is 0 Å². The number of hydrogen-bond donors (Lipinski definition) is 1. The molecular weight excluding hydrogens is 222 g/mol. The lowest BCUT2D eigenvalue weighted by molar-refractivity contribution is 0.154. The van der Waals surface area contributed by atoms with Gasteiger partial charge in [-0.1, -0.05) is 11.3 Å². The molecule has 1 saturated heterocycles. The first-order valence-electron chi connectivity index (χ1n) is 5.47. The van der Waals surface area contributed by atoms with E-state index in [9.17, 15) is 5.11 Å². The quantitative estimate of drug-likeness (QED) is 0.816. The third-order valence-corrected chi connectivity index (χ3v) is 3.86. The Morgan fingerprint density at radius 2 is 2.44 bits per heavy atom. The molecule has 3 heterocycles. The molecule has 0 radical (unpaired) electrons. The molecule has 1 fully saturated rings. The Morgan fingerprint density at radius 1 is 1.50 bits per heavy atom. The van der Waals surface area contributed by atoms with E-state index in [4.69, 9.17) is 0 Å². The Kier molecular flexibility index (Phi) is 2.49. The lowest BCUT2D eigenvalue weighted by Gasteiger charge is -2.29. The number of aliphatic hydroxyl groups is 1. The number of β-amino-alcohol motifs (C(OH)–C–C–N with tert-alkyl or cyclic N) is 1. The number of aromatic nitrogens is 2. The summed E-state index contributed by atoms with van der Waals surface area (Å²) in [5, 5.41) is 10.6. The van der Waals surface area contributed by atoms with Gasteiger partial charge in [-0.05, 0) is 25.0 Å². The first kappa shape index (κ1) is 9.99. The lowest BCUT2D eigenvalue weighted by atomic mass is 10.1. The van der Waals surface area contributed by atoms with Crippen LogP contribution in [0.3, 0.4) is 0 Å². The Labute approximate surface area is 97.6 Å². The van der Waals surface area contributed by atoms with Gasteiger partial charge in [-0.3, -0.25) is 0 Å². The van der Waals surface area contributed by atoms with Gasteiger partial charge < -0.3 is 10.0 Å². The van der Waals surface area contributed by atoms with Gasteiger partial charge in [0.25, 0.3) is 0 Å². The molecule has 1 unspecified atom stereocenters. The number of pyridine rings is 1. The molecular formula is C11H13N3OS. The van der Waals surface area contributed by atoms with Crippen molar-refractivity contribution in [2.75, 3.05) is 18.0 Å². The zero-order valence-corrected chi connectivity index (χ0v) is 9.65. The zero-order valence-electron chi connectivity index (χ0n) is 8.83. The van der Waals surface area contributed by atoms with E-state index < -0.39 is 0 Å². The SMILES string of the molecule is OC1CCCN(c2nc3cccnc3s2)C1. The van der Waals surface area contributed by atoms with Crippen molar-refractivity contribution in [2.45, 2.75) is 18.9 Å². The number of aliphatic hydroxyl groups excluding tert-OH is 1. The lowest BCUT2D eigenvalue weighted by Crippen LogP contribution is -2.38. The monoisotopic (exact) mass is 235 g/mol. The second-order valence-electron chi connectivity index (χ2n) is 4.07. The maximum Gasteiger partial charge on any atom is 0.188 e. The predicted octanol–water partition coefficient (Wildman–Crippen LogP) is 1.65. The van der Waals surface area contributed by atoms with Crippen molar-refractivity contribution >= 4 is 26.8 Å². The van der Waals surface area contributed by atoms with Gasteiger partial charge in [0.1, 0.15) is 10.3 Å². The van der Waals surface area contributed by atoms with Crippen molar-refractivity contribution < 1.29 is 5.11 Å². The molecule has 0 aliphatic carbocycles. The molecule has 0 spiro atoms. The minimum atomic E-state index is -0.214. The van der Waals surface area contributed by atoms with Crippen LogP contribution < -0.4 is 4.90 Å². The van der Waals surface area contributed by atoms with Crippen molar-refractivity contribution in [1.29, 1.82) is 0 Å². The zero-order chi connectivity index (χ0) is 11.0. The summed E-state index contributed by atoms with van der Waals surface area (Å²) < 4.78 is 0. The van der Waals surface area contributed by atoms with Crippen molar-refractivity contribution in [3.63, 3.8) is 0 Å². The van der Waals surface area contributed by atoms with Gasteiger partial charge in [0.2, 0.25) is 0 Å². The largest absolute Gasteiger partial charge is 0.391 e. The molecule has 1 aliphatic rings. The predicted molar refractivity (Wildman–Crippen MR) is 64.9 cm³/mol. The van der Waals surface area contributed by atoms with Crippen LogP contribution in [-0.4, -0.2) is 34.3 Å². The van der Waals surface area contributed by atoms with E-state index in [-0.39, 0.29) is 6.10 Å². The highest BCUT2D eigenvalue weighted by Crippen LogP contribution is 2.28. The average molecular weight is 235 g/mol. The van der Waals surface area contributed by atoms with Crippen LogP contribution in [0.5, 0.6) is 0 Å². The normalized spacial score (nSPS) is 21.6. The average Bonchev–Trinajstić information content (AvgIpc) is 2.72. The molecule has 2 aromatic rings. The molecule has 0 saturated carbocycles. The van der Waals surface area contributed by atoms with Gasteiger partial charge in [0.05, 0.1) is 6.10 Å². The highest BCUT2D eigenvalue weighted by Gasteiger charge is 2.20. The van der Waals surface area contributed by atoms with Crippen LogP contribution in [-0.2, 0) is 0 Å². The third kappa shape index (κ3) is 1.76. The molecule has 16 heavy (non-hydrogen) atoms. The fourth-order valence-corrected chi connectivity index (χ4v) is 2.97. The Hall–Kier alpha value is -1.20. The molecule has 1 N–H and O–H groups in total. The fourth-order valence-electron chi connectivity index (χ4n) is 2.02.